The predicted octanol–water partition coefficient (Wildman–Crippen LogP) is 2.81. The second-order valence-electron chi connectivity index (χ2n) is 3.25. The Balaban J connectivity index is 3.37. The highest BCUT2D eigenvalue weighted by Gasteiger charge is 2.33. The summed E-state index contributed by atoms with van der Waals surface area (Å²) in [7, 11) is 0. The molecule has 0 saturated carbocycles. The fourth-order valence-corrected chi connectivity index (χ4v) is 1.39. The quantitative estimate of drug-likeness (QED) is 0.745. The summed E-state index contributed by atoms with van der Waals surface area (Å²) in [5, 5.41) is 8.87. The summed E-state index contributed by atoms with van der Waals surface area (Å²) in [6.07, 6.45) is -4.35. The molecule has 0 spiro atoms. The number of aryl methyl sites for hydroxylation is 1. The van der Waals surface area contributed by atoms with Crippen LogP contribution in [-0.2, 0) is 12.8 Å². The number of aliphatic hydroxyl groups is 1. The Kier molecular flexibility index (Phi) is 2.85. The summed E-state index contributed by atoms with van der Waals surface area (Å²) in [5.74, 6) is 0. The maximum absolute atomic E-state index is 12.5. The van der Waals surface area contributed by atoms with Crippen molar-refractivity contribution in [3.63, 3.8) is 0 Å². The van der Waals surface area contributed by atoms with Gasteiger partial charge in [-0.25, -0.2) is 0 Å². The Morgan fingerprint density at radius 2 is 1.79 bits per heavy atom. The number of halogens is 3. The van der Waals surface area contributed by atoms with Crippen molar-refractivity contribution < 1.29 is 18.3 Å². The first-order valence-electron chi connectivity index (χ1n) is 4.14. The molecule has 0 aliphatic carbocycles. The molecule has 1 rings (SSSR count). The van der Waals surface area contributed by atoms with E-state index >= 15 is 0 Å². The SMILES string of the molecule is Cc1cc(CO)c(C)c(C(F)(F)F)c1. The molecule has 0 amide bonds. The Morgan fingerprint density at radius 3 is 2.21 bits per heavy atom. The van der Waals surface area contributed by atoms with E-state index in [9.17, 15) is 13.2 Å². The van der Waals surface area contributed by atoms with Crippen LogP contribution in [0.5, 0.6) is 0 Å². The molecule has 4 heteroatoms. The molecule has 14 heavy (non-hydrogen) atoms. The van der Waals surface area contributed by atoms with Crippen molar-refractivity contribution in [2.24, 2.45) is 0 Å². The molecule has 0 aromatic heterocycles. The van der Waals surface area contributed by atoms with Crippen LogP contribution in [0.15, 0.2) is 12.1 Å². The summed E-state index contributed by atoms with van der Waals surface area (Å²) in [4.78, 5) is 0. The highest BCUT2D eigenvalue weighted by molar-refractivity contribution is 5.39. The summed E-state index contributed by atoms with van der Waals surface area (Å²) in [6.45, 7) is 2.58. The van der Waals surface area contributed by atoms with Gasteiger partial charge in [-0.15, -0.1) is 0 Å². The van der Waals surface area contributed by atoms with E-state index in [1.807, 2.05) is 0 Å². The molecule has 1 nitrogen and oxygen atoms in total. The van der Waals surface area contributed by atoms with E-state index in [1.54, 1.807) is 13.0 Å². The molecule has 1 N–H and O–H groups in total. The third kappa shape index (κ3) is 2.07. The van der Waals surface area contributed by atoms with E-state index in [-0.39, 0.29) is 12.2 Å². The molecule has 0 unspecified atom stereocenters. The summed E-state index contributed by atoms with van der Waals surface area (Å²) >= 11 is 0. The lowest BCUT2D eigenvalue weighted by atomic mass is 9.99. The van der Waals surface area contributed by atoms with Crippen LogP contribution in [0.4, 0.5) is 13.2 Å². The Labute approximate surface area is 80.2 Å². The Bertz CT molecular complexity index is 342. The van der Waals surface area contributed by atoms with Gasteiger partial charge < -0.3 is 5.11 Å². The normalized spacial score (nSPS) is 11.9. The average molecular weight is 204 g/mol. The third-order valence-electron chi connectivity index (χ3n) is 2.14. The summed E-state index contributed by atoms with van der Waals surface area (Å²) < 4.78 is 37.4. The molecule has 0 radical (unpaired) electrons. The van der Waals surface area contributed by atoms with Gasteiger partial charge in [0.25, 0.3) is 0 Å². The number of hydrogen-bond donors (Lipinski definition) is 1. The van der Waals surface area contributed by atoms with Crippen LogP contribution in [-0.4, -0.2) is 5.11 Å². The van der Waals surface area contributed by atoms with Gasteiger partial charge in [0.2, 0.25) is 0 Å². The van der Waals surface area contributed by atoms with E-state index in [0.29, 0.717) is 11.1 Å². The topological polar surface area (TPSA) is 20.2 Å². The largest absolute Gasteiger partial charge is 0.416 e. The molecule has 0 heterocycles. The van der Waals surface area contributed by atoms with Gasteiger partial charge in [0, 0.05) is 0 Å². The van der Waals surface area contributed by atoms with Crippen molar-refractivity contribution in [2.45, 2.75) is 26.6 Å². The third-order valence-corrected chi connectivity index (χ3v) is 2.14. The lowest BCUT2D eigenvalue weighted by molar-refractivity contribution is -0.138. The summed E-state index contributed by atoms with van der Waals surface area (Å²) in [6, 6.07) is 2.65. The molecular weight excluding hydrogens is 193 g/mol. The van der Waals surface area contributed by atoms with E-state index in [4.69, 9.17) is 5.11 Å². The summed E-state index contributed by atoms with van der Waals surface area (Å²) in [5.41, 5.74) is 0.274. The van der Waals surface area contributed by atoms with E-state index in [2.05, 4.69) is 0 Å². The molecular formula is C10H11F3O. The molecule has 0 fully saturated rings. The van der Waals surface area contributed by atoms with Crippen molar-refractivity contribution >= 4 is 0 Å². The maximum Gasteiger partial charge on any atom is 0.416 e. The Hall–Kier alpha value is -1.03. The number of hydrogen-bond acceptors (Lipinski definition) is 1. The average Bonchev–Trinajstić information content (AvgIpc) is 2.06. The minimum atomic E-state index is -4.35. The predicted molar refractivity (Wildman–Crippen MR) is 46.8 cm³/mol. The first-order valence-corrected chi connectivity index (χ1v) is 4.14. The van der Waals surface area contributed by atoms with Crippen molar-refractivity contribution in [3.05, 3.63) is 34.4 Å². The zero-order chi connectivity index (χ0) is 10.9. The van der Waals surface area contributed by atoms with Crippen molar-refractivity contribution in [1.29, 1.82) is 0 Å². The first-order chi connectivity index (χ1) is 6.36. The lowest BCUT2D eigenvalue weighted by Crippen LogP contribution is -2.09. The van der Waals surface area contributed by atoms with Gasteiger partial charge in [-0.2, -0.15) is 13.2 Å². The lowest BCUT2D eigenvalue weighted by Gasteiger charge is -2.14. The smallest absolute Gasteiger partial charge is 0.392 e. The molecule has 78 valence electrons. The van der Waals surface area contributed by atoms with Gasteiger partial charge in [-0.05, 0) is 31.0 Å². The van der Waals surface area contributed by atoms with E-state index in [0.717, 1.165) is 6.07 Å². The van der Waals surface area contributed by atoms with E-state index in [1.165, 1.54) is 6.92 Å². The van der Waals surface area contributed by atoms with Crippen LogP contribution < -0.4 is 0 Å². The molecule has 0 bridgehead atoms. The maximum atomic E-state index is 12.5. The van der Waals surface area contributed by atoms with Gasteiger partial charge in [0.15, 0.2) is 0 Å². The molecule has 0 aliphatic heterocycles. The zero-order valence-corrected chi connectivity index (χ0v) is 7.94. The van der Waals surface area contributed by atoms with Crippen LogP contribution in [0.2, 0.25) is 0 Å². The van der Waals surface area contributed by atoms with Crippen LogP contribution in [0.3, 0.4) is 0 Å². The second kappa shape index (κ2) is 3.61. The van der Waals surface area contributed by atoms with Crippen LogP contribution in [0, 0.1) is 13.8 Å². The highest BCUT2D eigenvalue weighted by Crippen LogP contribution is 2.33. The van der Waals surface area contributed by atoms with Gasteiger partial charge in [0.05, 0.1) is 12.2 Å². The molecule has 1 aromatic carbocycles. The van der Waals surface area contributed by atoms with Gasteiger partial charge >= 0.3 is 6.18 Å². The van der Waals surface area contributed by atoms with E-state index < -0.39 is 11.7 Å². The zero-order valence-electron chi connectivity index (χ0n) is 7.94. The monoisotopic (exact) mass is 204 g/mol. The van der Waals surface area contributed by atoms with Gasteiger partial charge in [0.1, 0.15) is 0 Å². The molecule has 0 atom stereocenters. The van der Waals surface area contributed by atoms with Crippen LogP contribution >= 0.6 is 0 Å². The van der Waals surface area contributed by atoms with Crippen LogP contribution in [0.1, 0.15) is 22.3 Å². The fourth-order valence-electron chi connectivity index (χ4n) is 1.39. The van der Waals surface area contributed by atoms with Crippen molar-refractivity contribution in [1.82, 2.24) is 0 Å². The number of rotatable bonds is 1. The molecule has 0 saturated heterocycles. The fraction of sp³-hybridized carbons (Fsp3) is 0.400. The molecule has 0 aliphatic rings. The second-order valence-corrected chi connectivity index (χ2v) is 3.25. The Morgan fingerprint density at radius 1 is 1.21 bits per heavy atom. The standard InChI is InChI=1S/C10H11F3O/c1-6-3-8(5-14)7(2)9(4-6)10(11,12)13/h3-4,14H,5H2,1-2H3. The highest BCUT2D eigenvalue weighted by atomic mass is 19.4. The minimum Gasteiger partial charge on any atom is -0.392 e. The number of benzene rings is 1. The van der Waals surface area contributed by atoms with Gasteiger partial charge in [-0.3, -0.25) is 0 Å². The van der Waals surface area contributed by atoms with Crippen molar-refractivity contribution in [2.75, 3.05) is 0 Å². The minimum absolute atomic E-state index is 0.102. The first kappa shape index (κ1) is 11.0. The molecule has 1 aromatic rings. The van der Waals surface area contributed by atoms with Crippen molar-refractivity contribution in [3.8, 4) is 0 Å². The van der Waals surface area contributed by atoms with Crippen LogP contribution in [0.25, 0.3) is 0 Å². The van der Waals surface area contributed by atoms with Gasteiger partial charge in [-0.1, -0.05) is 11.6 Å². The number of aliphatic hydroxyl groups excluding tert-OH is 1. The number of alkyl halides is 3.